The van der Waals surface area contributed by atoms with E-state index in [0.717, 1.165) is 35.4 Å². The lowest BCUT2D eigenvalue weighted by molar-refractivity contribution is -0.120. The van der Waals surface area contributed by atoms with E-state index >= 15 is 0 Å². The molecule has 7 nitrogen and oxygen atoms in total. The monoisotopic (exact) mass is 386 g/mol. The molecule has 27 heavy (non-hydrogen) atoms. The first-order valence-electron chi connectivity index (χ1n) is 8.98. The Bertz CT molecular complexity index is 801. The molecule has 2 heterocycles. The Hall–Kier alpha value is -2.61. The van der Waals surface area contributed by atoms with E-state index in [2.05, 4.69) is 60.1 Å². The zero-order valence-electron chi connectivity index (χ0n) is 16.0. The van der Waals surface area contributed by atoms with Gasteiger partial charge in [-0.15, -0.1) is 11.3 Å². The molecule has 0 bridgehead atoms. The molecule has 1 aliphatic heterocycles. The van der Waals surface area contributed by atoms with Crippen LogP contribution in [0.4, 0.5) is 5.69 Å². The number of carbonyl (C=O) groups excluding carboxylic acids is 1. The zero-order valence-corrected chi connectivity index (χ0v) is 16.8. The molecule has 2 aromatic rings. The van der Waals surface area contributed by atoms with Gasteiger partial charge in [0.25, 0.3) is 0 Å². The molecule has 144 valence electrons. The largest absolute Gasteiger partial charge is 0.360 e. The summed E-state index contributed by atoms with van der Waals surface area (Å²) in [5.74, 6) is 0.909. The van der Waals surface area contributed by atoms with Crippen molar-refractivity contribution in [2.75, 3.05) is 38.6 Å². The fraction of sp³-hybridized carbons (Fsp3) is 0.421. The molecule has 1 aliphatic rings. The zero-order chi connectivity index (χ0) is 19.2. The van der Waals surface area contributed by atoms with Crippen molar-refractivity contribution in [3.63, 3.8) is 0 Å². The number of aromatic nitrogens is 1. The number of aliphatic imine (C=N–C) groups is 1. The van der Waals surface area contributed by atoms with Crippen molar-refractivity contribution in [1.82, 2.24) is 20.5 Å². The van der Waals surface area contributed by atoms with E-state index < -0.39 is 0 Å². The fourth-order valence-electron chi connectivity index (χ4n) is 3.05. The van der Waals surface area contributed by atoms with E-state index in [4.69, 9.17) is 0 Å². The van der Waals surface area contributed by atoms with Gasteiger partial charge in [0.2, 0.25) is 5.91 Å². The normalized spacial score (nSPS) is 14.9. The minimum absolute atomic E-state index is 0.0779. The molecule has 1 amide bonds. The Balaban J connectivity index is 1.54. The number of hydrogen-bond donors (Lipinski definition) is 2. The van der Waals surface area contributed by atoms with Crippen LogP contribution in [0.25, 0.3) is 0 Å². The van der Waals surface area contributed by atoms with Crippen LogP contribution in [0.5, 0.6) is 0 Å². The maximum atomic E-state index is 11.5. The molecule has 1 aromatic heterocycles. The second-order valence-electron chi connectivity index (χ2n) is 6.55. The van der Waals surface area contributed by atoms with Gasteiger partial charge in [-0.25, -0.2) is 4.98 Å². The van der Waals surface area contributed by atoms with Gasteiger partial charge >= 0.3 is 0 Å². The van der Waals surface area contributed by atoms with Gasteiger partial charge < -0.3 is 20.4 Å². The first-order valence-corrected chi connectivity index (χ1v) is 9.86. The summed E-state index contributed by atoms with van der Waals surface area (Å²) in [6, 6.07) is 8.32. The highest BCUT2D eigenvalue weighted by Crippen LogP contribution is 2.16. The van der Waals surface area contributed by atoms with Gasteiger partial charge in [0.05, 0.1) is 23.8 Å². The van der Waals surface area contributed by atoms with Crippen LogP contribution in [0.3, 0.4) is 0 Å². The molecule has 1 aromatic carbocycles. The van der Waals surface area contributed by atoms with Crippen molar-refractivity contribution < 1.29 is 4.79 Å². The number of nitrogens with one attached hydrogen (secondary N) is 2. The molecule has 0 unspecified atom stereocenters. The summed E-state index contributed by atoms with van der Waals surface area (Å²) >= 11 is 1.66. The number of piperazine rings is 1. The quantitative estimate of drug-likeness (QED) is 0.603. The lowest BCUT2D eigenvalue weighted by Crippen LogP contribution is -2.47. The molecular formula is C19H26N6OS. The van der Waals surface area contributed by atoms with Gasteiger partial charge in [0, 0.05) is 44.8 Å². The number of nitrogens with zero attached hydrogens (tertiary/aromatic N) is 4. The Morgan fingerprint density at radius 1 is 1.41 bits per heavy atom. The van der Waals surface area contributed by atoms with Crippen molar-refractivity contribution >= 4 is 28.9 Å². The second-order valence-corrected chi connectivity index (χ2v) is 7.61. The summed E-state index contributed by atoms with van der Waals surface area (Å²) in [5.41, 5.74) is 3.30. The molecule has 2 N–H and O–H groups in total. The maximum Gasteiger partial charge on any atom is 0.239 e. The van der Waals surface area contributed by atoms with Crippen LogP contribution >= 0.6 is 11.3 Å². The summed E-state index contributed by atoms with van der Waals surface area (Å²) < 4.78 is 0. The SMILES string of the molecule is CN=C(NCc1ccc(N2CCNC(=O)C2)cc1)N(C)Cc1csc(C)n1. The molecule has 0 atom stereocenters. The van der Waals surface area contributed by atoms with E-state index in [9.17, 15) is 4.79 Å². The third kappa shape index (κ3) is 5.19. The van der Waals surface area contributed by atoms with Crippen molar-refractivity contribution in [3.8, 4) is 0 Å². The molecule has 1 fully saturated rings. The Labute approximate surface area is 164 Å². The smallest absolute Gasteiger partial charge is 0.239 e. The van der Waals surface area contributed by atoms with E-state index in [0.29, 0.717) is 19.6 Å². The van der Waals surface area contributed by atoms with Crippen molar-refractivity contribution in [2.45, 2.75) is 20.0 Å². The van der Waals surface area contributed by atoms with Crippen LogP contribution in [-0.4, -0.2) is 55.5 Å². The average Bonchev–Trinajstić information content (AvgIpc) is 3.07. The number of rotatable bonds is 5. The Kier molecular flexibility index (Phi) is 6.28. The number of anilines is 1. The molecule has 3 rings (SSSR count). The van der Waals surface area contributed by atoms with Gasteiger partial charge in [-0.2, -0.15) is 0 Å². The fourth-order valence-corrected chi connectivity index (χ4v) is 3.65. The third-order valence-electron chi connectivity index (χ3n) is 4.43. The maximum absolute atomic E-state index is 11.5. The van der Waals surface area contributed by atoms with Crippen molar-refractivity contribution in [1.29, 1.82) is 0 Å². The first kappa shape index (κ1) is 19.2. The summed E-state index contributed by atoms with van der Waals surface area (Å²) in [6.45, 7) is 5.39. The van der Waals surface area contributed by atoms with Crippen LogP contribution in [0.1, 0.15) is 16.3 Å². The predicted molar refractivity (Wildman–Crippen MR) is 110 cm³/mol. The van der Waals surface area contributed by atoms with Crippen molar-refractivity contribution in [2.24, 2.45) is 4.99 Å². The number of guanidine groups is 1. The number of thiazole rings is 1. The van der Waals surface area contributed by atoms with Gasteiger partial charge in [0.1, 0.15) is 0 Å². The summed E-state index contributed by atoms with van der Waals surface area (Å²) in [6.07, 6.45) is 0. The Morgan fingerprint density at radius 2 is 2.19 bits per heavy atom. The van der Waals surface area contributed by atoms with Crippen LogP contribution in [0, 0.1) is 6.92 Å². The molecule has 8 heteroatoms. The van der Waals surface area contributed by atoms with Crippen LogP contribution < -0.4 is 15.5 Å². The second kappa shape index (κ2) is 8.85. The lowest BCUT2D eigenvalue weighted by Gasteiger charge is -2.28. The highest BCUT2D eigenvalue weighted by Gasteiger charge is 2.16. The highest BCUT2D eigenvalue weighted by atomic mass is 32.1. The van der Waals surface area contributed by atoms with Crippen molar-refractivity contribution in [3.05, 3.63) is 45.9 Å². The minimum Gasteiger partial charge on any atom is -0.360 e. The van der Waals surface area contributed by atoms with E-state index in [1.807, 2.05) is 14.0 Å². The average molecular weight is 387 g/mol. The van der Waals surface area contributed by atoms with E-state index in [1.165, 1.54) is 5.56 Å². The Morgan fingerprint density at radius 3 is 2.81 bits per heavy atom. The van der Waals surface area contributed by atoms with Crippen LogP contribution in [0.15, 0.2) is 34.6 Å². The molecule has 0 radical (unpaired) electrons. The van der Waals surface area contributed by atoms with Crippen LogP contribution in [-0.2, 0) is 17.9 Å². The number of amides is 1. The minimum atomic E-state index is 0.0779. The topological polar surface area (TPSA) is 72.9 Å². The van der Waals surface area contributed by atoms with Gasteiger partial charge in [-0.1, -0.05) is 12.1 Å². The molecule has 0 saturated carbocycles. The molecule has 1 saturated heterocycles. The number of hydrogen-bond acceptors (Lipinski definition) is 5. The van der Waals surface area contributed by atoms with Crippen LogP contribution in [0.2, 0.25) is 0 Å². The highest BCUT2D eigenvalue weighted by molar-refractivity contribution is 7.09. The molecular weight excluding hydrogens is 360 g/mol. The predicted octanol–water partition coefficient (Wildman–Crippen LogP) is 1.60. The summed E-state index contributed by atoms with van der Waals surface area (Å²) in [4.78, 5) is 24.6. The van der Waals surface area contributed by atoms with E-state index in [-0.39, 0.29) is 5.91 Å². The molecule has 0 aliphatic carbocycles. The van der Waals surface area contributed by atoms with Gasteiger partial charge in [-0.05, 0) is 24.6 Å². The summed E-state index contributed by atoms with van der Waals surface area (Å²) in [7, 11) is 3.80. The number of aryl methyl sites for hydroxylation is 1. The summed E-state index contributed by atoms with van der Waals surface area (Å²) in [5, 5.41) is 9.40. The van der Waals surface area contributed by atoms with E-state index in [1.54, 1.807) is 18.4 Å². The van der Waals surface area contributed by atoms with Gasteiger partial charge in [-0.3, -0.25) is 9.79 Å². The lowest BCUT2D eigenvalue weighted by atomic mass is 10.2. The van der Waals surface area contributed by atoms with Gasteiger partial charge in [0.15, 0.2) is 5.96 Å². The standard InChI is InChI=1S/C19H26N6OS/c1-14-23-16(13-27-14)11-24(3)19(20-2)22-10-15-4-6-17(7-5-15)25-9-8-21-18(26)12-25/h4-7,13H,8-12H2,1-3H3,(H,20,22)(H,21,26). The molecule has 0 spiro atoms. The number of carbonyl (C=O) groups is 1. The number of benzene rings is 1. The third-order valence-corrected chi connectivity index (χ3v) is 5.25. The first-order chi connectivity index (χ1) is 13.0.